The Balaban J connectivity index is 0.000000280. The van der Waals surface area contributed by atoms with Crippen molar-refractivity contribution in [2.75, 3.05) is 0 Å². The molecule has 0 aliphatic rings. The van der Waals surface area contributed by atoms with Gasteiger partial charge in [0.15, 0.2) is 0 Å². The maximum Gasteiger partial charge on any atom is 0.231 e. The van der Waals surface area contributed by atoms with Crippen LogP contribution >= 0.6 is 0 Å². The molecule has 1 aromatic heterocycles. The lowest BCUT2D eigenvalue weighted by Gasteiger charge is -1.83. The van der Waals surface area contributed by atoms with Crippen LogP contribution in [0, 0.1) is 10.8 Å². The zero-order valence-corrected chi connectivity index (χ0v) is 7.78. The lowest BCUT2D eigenvalue weighted by atomic mass is 10.3. The zero-order valence-electron chi connectivity index (χ0n) is 7.78. The zero-order chi connectivity index (χ0) is 11.5. The van der Waals surface area contributed by atoms with Crippen LogP contribution in [0.1, 0.15) is 0 Å². The SMILES string of the molecule is N=C=O.N=C=O.c1ccc2[nH]ccc2c1. The van der Waals surface area contributed by atoms with E-state index in [4.69, 9.17) is 20.4 Å². The smallest absolute Gasteiger partial charge is 0.231 e. The highest BCUT2D eigenvalue weighted by Crippen LogP contribution is 2.09. The highest BCUT2D eigenvalue weighted by molar-refractivity contribution is 5.78. The quantitative estimate of drug-likeness (QED) is 0.450. The highest BCUT2D eigenvalue weighted by atomic mass is 16.1. The topological polar surface area (TPSA) is 97.6 Å². The molecule has 2 aromatic rings. The van der Waals surface area contributed by atoms with E-state index in [-0.39, 0.29) is 0 Å². The monoisotopic (exact) mass is 203 g/mol. The van der Waals surface area contributed by atoms with Gasteiger partial charge >= 0.3 is 0 Å². The van der Waals surface area contributed by atoms with Gasteiger partial charge in [-0.2, -0.15) is 0 Å². The molecule has 76 valence electrons. The molecule has 0 saturated carbocycles. The van der Waals surface area contributed by atoms with Crippen molar-refractivity contribution in [3.05, 3.63) is 36.5 Å². The van der Waals surface area contributed by atoms with Crippen molar-refractivity contribution < 1.29 is 9.59 Å². The number of aromatic amines is 1. The van der Waals surface area contributed by atoms with Crippen molar-refractivity contribution in [3.8, 4) is 0 Å². The van der Waals surface area contributed by atoms with Crippen LogP contribution < -0.4 is 0 Å². The molecule has 0 atom stereocenters. The number of hydrogen-bond donors (Lipinski definition) is 3. The maximum absolute atomic E-state index is 8.35. The molecule has 3 N–H and O–H groups in total. The molecule has 1 aromatic carbocycles. The number of carbonyl (C=O) groups excluding carboxylic acids is 2. The van der Waals surface area contributed by atoms with Crippen LogP contribution in [0.25, 0.3) is 10.9 Å². The summed E-state index contributed by atoms with van der Waals surface area (Å²) in [5, 5.41) is 12.1. The first-order valence-electron chi connectivity index (χ1n) is 3.90. The number of benzene rings is 1. The van der Waals surface area contributed by atoms with E-state index in [0.717, 1.165) is 12.2 Å². The Bertz CT molecular complexity index is 422. The molecule has 2 rings (SSSR count). The molecule has 5 heteroatoms. The number of fused-ring (bicyclic) bond motifs is 1. The number of aromatic nitrogens is 1. The molecule has 0 radical (unpaired) electrons. The van der Waals surface area contributed by atoms with Gasteiger partial charge in [0.1, 0.15) is 0 Å². The van der Waals surface area contributed by atoms with Crippen LogP contribution in [-0.2, 0) is 9.59 Å². The summed E-state index contributed by atoms with van der Waals surface area (Å²) in [6, 6.07) is 10.3. The Kier molecular flexibility index (Phi) is 6.79. The second-order valence-electron chi connectivity index (χ2n) is 2.27. The van der Waals surface area contributed by atoms with Crippen LogP contribution in [-0.4, -0.2) is 17.1 Å². The molecule has 0 spiro atoms. The predicted octanol–water partition coefficient (Wildman–Crippen LogP) is 1.97. The van der Waals surface area contributed by atoms with E-state index < -0.39 is 0 Å². The maximum atomic E-state index is 8.35. The molecule has 0 saturated heterocycles. The molecule has 5 nitrogen and oxygen atoms in total. The lowest BCUT2D eigenvalue weighted by Crippen LogP contribution is -1.61. The third-order valence-electron chi connectivity index (χ3n) is 1.46. The molecule has 15 heavy (non-hydrogen) atoms. The average Bonchev–Trinajstić information content (AvgIpc) is 2.67. The first-order chi connectivity index (χ1) is 7.29. The summed E-state index contributed by atoms with van der Waals surface area (Å²) in [4.78, 5) is 19.8. The first-order valence-corrected chi connectivity index (χ1v) is 3.90. The number of hydrogen-bond acceptors (Lipinski definition) is 4. The summed E-state index contributed by atoms with van der Waals surface area (Å²) in [6.07, 6.45) is 3.45. The van der Waals surface area contributed by atoms with Crippen LogP contribution in [0.2, 0.25) is 0 Å². The van der Waals surface area contributed by atoms with Gasteiger partial charge in [0.05, 0.1) is 0 Å². The van der Waals surface area contributed by atoms with Gasteiger partial charge < -0.3 is 4.98 Å². The minimum Gasteiger partial charge on any atom is -0.361 e. The van der Waals surface area contributed by atoms with Crippen molar-refractivity contribution in [2.24, 2.45) is 0 Å². The molecular weight excluding hydrogens is 194 g/mol. The summed E-state index contributed by atoms with van der Waals surface area (Å²) in [5.41, 5.74) is 1.21. The Morgan fingerprint density at radius 2 is 1.53 bits per heavy atom. The van der Waals surface area contributed by atoms with Crippen molar-refractivity contribution in [1.29, 1.82) is 10.8 Å². The van der Waals surface area contributed by atoms with Crippen molar-refractivity contribution in [2.45, 2.75) is 0 Å². The Hall–Kier alpha value is -2.48. The largest absolute Gasteiger partial charge is 0.361 e. The van der Waals surface area contributed by atoms with E-state index in [1.807, 2.05) is 18.3 Å². The Morgan fingerprint density at radius 3 is 2.07 bits per heavy atom. The average molecular weight is 203 g/mol. The number of H-pyrrole nitrogens is 1. The fraction of sp³-hybridized carbons (Fsp3) is 0. The van der Waals surface area contributed by atoms with E-state index >= 15 is 0 Å². The number of rotatable bonds is 0. The predicted molar refractivity (Wildman–Crippen MR) is 55.1 cm³/mol. The Morgan fingerprint density at radius 1 is 1.00 bits per heavy atom. The molecular formula is C10H9N3O2. The number of nitrogens with one attached hydrogen (secondary N) is 3. The molecule has 0 unspecified atom stereocenters. The van der Waals surface area contributed by atoms with Crippen LogP contribution in [0.5, 0.6) is 0 Å². The molecule has 1 heterocycles. The van der Waals surface area contributed by atoms with Gasteiger partial charge in [-0.3, -0.25) is 0 Å². The van der Waals surface area contributed by atoms with Gasteiger partial charge in [0.2, 0.25) is 12.2 Å². The highest BCUT2D eigenvalue weighted by Gasteiger charge is 1.86. The molecule has 0 fully saturated rings. The first kappa shape index (κ1) is 12.5. The second-order valence-corrected chi connectivity index (χ2v) is 2.27. The van der Waals surface area contributed by atoms with Crippen molar-refractivity contribution in [3.63, 3.8) is 0 Å². The van der Waals surface area contributed by atoms with E-state index in [1.165, 1.54) is 10.9 Å². The van der Waals surface area contributed by atoms with Gasteiger partial charge in [-0.15, -0.1) is 0 Å². The van der Waals surface area contributed by atoms with Crippen LogP contribution in [0.4, 0.5) is 0 Å². The normalized spacial score (nSPS) is 7.20. The fourth-order valence-electron chi connectivity index (χ4n) is 0.995. The second kappa shape index (κ2) is 8.13. The minimum absolute atomic E-state index is 0.750. The lowest BCUT2D eigenvalue weighted by molar-refractivity contribution is 0.562. The third-order valence-corrected chi connectivity index (χ3v) is 1.46. The molecule has 0 aliphatic carbocycles. The van der Waals surface area contributed by atoms with Gasteiger partial charge in [0.25, 0.3) is 0 Å². The summed E-state index contributed by atoms with van der Waals surface area (Å²) >= 11 is 0. The van der Waals surface area contributed by atoms with Crippen molar-refractivity contribution in [1.82, 2.24) is 4.98 Å². The van der Waals surface area contributed by atoms with E-state index in [2.05, 4.69) is 23.2 Å². The summed E-state index contributed by atoms with van der Waals surface area (Å²) < 4.78 is 0. The molecule has 0 aliphatic heterocycles. The number of isocyanates is 2. The van der Waals surface area contributed by atoms with Gasteiger partial charge in [0, 0.05) is 11.7 Å². The molecule has 0 amide bonds. The van der Waals surface area contributed by atoms with E-state index in [1.54, 1.807) is 0 Å². The van der Waals surface area contributed by atoms with Crippen LogP contribution in [0.3, 0.4) is 0 Å². The summed E-state index contributed by atoms with van der Waals surface area (Å²) in [6.45, 7) is 0. The van der Waals surface area contributed by atoms with Crippen molar-refractivity contribution >= 4 is 23.1 Å². The third kappa shape index (κ3) is 4.95. The van der Waals surface area contributed by atoms with E-state index in [0.29, 0.717) is 0 Å². The van der Waals surface area contributed by atoms with Crippen LogP contribution in [0.15, 0.2) is 36.5 Å². The van der Waals surface area contributed by atoms with Gasteiger partial charge in [-0.05, 0) is 17.5 Å². The minimum atomic E-state index is 0.750. The molecule has 0 bridgehead atoms. The van der Waals surface area contributed by atoms with Gasteiger partial charge in [-0.25, -0.2) is 20.4 Å². The standard InChI is InChI=1S/C8H7N.2CHNO/c1-2-4-8-7(3-1)5-6-9-8;2*2-1-3/h1-6,9H;2*2H. The van der Waals surface area contributed by atoms with Gasteiger partial charge in [-0.1, -0.05) is 18.2 Å². The number of para-hydroxylation sites is 1. The Labute approximate surface area is 85.8 Å². The fourth-order valence-corrected chi connectivity index (χ4v) is 0.995. The van der Waals surface area contributed by atoms with E-state index in [9.17, 15) is 0 Å². The summed E-state index contributed by atoms with van der Waals surface area (Å²) in [7, 11) is 0. The summed E-state index contributed by atoms with van der Waals surface area (Å²) in [5.74, 6) is 0.